The first-order valence-corrected chi connectivity index (χ1v) is 7.02. The first kappa shape index (κ1) is 15.6. The van der Waals surface area contributed by atoms with Gasteiger partial charge in [-0.15, -0.1) is 5.11 Å². The van der Waals surface area contributed by atoms with E-state index in [0.717, 1.165) is 19.4 Å². The summed E-state index contributed by atoms with van der Waals surface area (Å²) in [6.45, 7) is 3.01. The molecule has 1 heterocycles. The van der Waals surface area contributed by atoms with Gasteiger partial charge >= 0.3 is 0 Å². The van der Waals surface area contributed by atoms with Gasteiger partial charge in [0.1, 0.15) is 0 Å². The van der Waals surface area contributed by atoms with Crippen LogP contribution in [0.5, 0.6) is 0 Å². The molecular weight excluding hydrogens is 284 g/mol. The Morgan fingerprint density at radius 3 is 2.59 bits per heavy atom. The maximum atomic E-state index is 10.6. The molecule has 0 N–H and O–H groups in total. The van der Waals surface area contributed by atoms with Crippen LogP contribution in [0, 0.1) is 10.1 Å². The van der Waals surface area contributed by atoms with Crippen molar-refractivity contribution in [2.45, 2.75) is 26.3 Å². The standard InChI is InChI=1S/C14H18N6O2/c1-3-4-9-19-11-10-18(2)14(19)16-17-15-12-5-7-13(8-6-12)20(21)22/h5-8,10-11H,3-4,9H2,1-2H3/b16-14+,17-15?. The monoisotopic (exact) mass is 302 g/mol. The average molecular weight is 302 g/mol. The lowest BCUT2D eigenvalue weighted by Crippen LogP contribution is -2.23. The zero-order valence-electron chi connectivity index (χ0n) is 12.6. The number of non-ortho nitro benzene ring substituents is 1. The maximum absolute atomic E-state index is 10.6. The van der Waals surface area contributed by atoms with Gasteiger partial charge in [-0.3, -0.25) is 10.1 Å². The van der Waals surface area contributed by atoms with Crippen LogP contribution < -0.4 is 5.62 Å². The highest BCUT2D eigenvalue weighted by Crippen LogP contribution is 2.17. The quantitative estimate of drug-likeness (QED) is 0.466. The number of hydrogen-bond acceptors (Lipinski definition) is 4. The van der Waals surface area contributed by atoms with Crippen LogP contribution >= 0.6 is 0 Å². The number of imidazole rings is 1. The highest BCUT2D eigenvalue weighted by molar-refractivity contribution is 5.43. The van der Waals surface area contributed by atoms with Crippen LogP contribution in [0.25, 0.3) is 0 Å². The second kappa shape index (κ2) is 7.30. The van der Waals surface area contributed by atoms with Crippen LogP contribution in [0.1, 0.15) is 19.8 Å². The topological polar surface area (TPSA) is 90.1 Å². The van der Waals surface area contributed by atoms with Gasteiger partial charge in [0.15, 0.2) is 0 Å². The number of nitro groups is 1. The zero-order valence-corrected chi connectivity index (χ0v) is 12.6. The Morgan fingerprint density at radius 1 is 1.23 bits per heavy atom. The summed E-state index contributed by atoms with van der Waals surface area (Å²) in [4.78, 5) is 10.1. The van der Waals surface area contributed by atoms with Crippen molar-refractivity contribution in [2.24, 2.45) is 22.5 Å². The first-order chi connectivity index (χ1) is 10.6. The molecule has 0 unspecified atom stereocenters. The van der Waals surface area contributed by atoms with Gasteiger partial charge in [0.05, 0.1) is 10.6 Å². The molecule has 0 radical (unpaired) electrons. The van der Waals surface area contributed by atoms with E-state index in [9.17, 15) is 10.1 Å². The van der Waals surface area contributed by atoms with E-state index in [1.165, 1.54) is 24.3 Å². The molecule has 2 rings (SSSR count). The fourth-order valence-corrected chi connectivity index (χ4v) is 1.90. The first-order valence-electron chi connectivity index (χ1n) is 7.02. The molecular formula is C14H18N6O2. The summed E-state index contributed by atoms with van der Waals surface area (Å²) >= 11 is 0. The van der Waals surface area contributed by atoms with Crippen LogP contribution in [0.2, 0.25) is 0 Å². The number of aryl methyl sites for hydroxylation is 2. The summed E-state index contributed by atoms with van der Waals surface area (Å²) in [5.74, 6) is 0. The van der Waals surface area contributed by atoms with Crippen molar-refractivity contribution in [3.05, 3.63) is 52.4 Å². The van der Waals surface area contributed by atoms with Crippen LogP contribution in [-0.4, -0.2) is 14.1 Å². The van der Waals surface area contributed by atoms with E-state index >= 15 is 0 Å². The van der Waals surface area contributed by atoms with Gasteiger partial charge in [-0.1, -0.05) is 18.4 Å². The minimum absolute atomic E-state index is 0.0238. The van der Waals surface area contributed by atoms with Crippen molar-refractivity contribution in [3.8, 4) is 0 Å². The molecule has 0 aliphatic carbocycles. The van der Waals surface area contributed by atoms with Crippen molar-refractivity contribution in [1.29, 1.82) is 0 Å². The van der Waals surface area contributed by atoms with E-state index < -0.39 is 4.92 Å². The Labute approximate surface area is 127 Å². The maximum Gasteiger partial charge on any atom is 0.269 e. The molecule has 0 spiro atoms. The molecule has 0 saturated heterocycles. The normalized spacial score (nSPS) is 12.2. The molecule has 1 aromatic heterocycles. The van der Waals surface area contributed by atoms with Crippen LogP contribution in [0.15, 0.2) is 52.1 Å². The molecule has 2 aromatic rings. The van der Waals surface area contributed by atoms with Crippen molar-refractivity contribution >= 4 is 11.4 Å². The van der Waals surface area contributed by atoms with Gasteiger partial charge in [-0.25, -0.2) is 0 Å². The van der Waals surface area contributed by atoms with E-state index in [-0.39, 0.29) is 5.69 Å². The van der Waals surface area contributed by atoms with Crippen molar-refractivity contribution in [3.63, 3.8) is 0 Å². The molecule has 116 valence electrons. The van der Waals surface area contributed by atoms with Crippen molar-refractivity contribution in [1.82, 2.24) is 9.13 Å². The number of unbranched alkanes of at least 4 members (excludes halogenated alkanes) is 1. The number of benzene rings is 1. The molecule has 0 aliphatic heterocycles. The van der Waals surface area contributed by atoms with Crippen LogP contribution in [0.3, 0.4) is 0 Å². The number of hydrogen-bond donors (Lipinski definition) is 0. The second-order valence-corrected chi connectivity index (χ2v) is 4.82. The Morgan fingerprint density at radius 2 is 1.95 bits per heavy atom. The molecule has 0 atom stereocenters. The molecule has 0 amide bonds. The SMILES string of the molecule is CCCCn1ccn(C)/c1=N\N=Nc1ccc([N+](=O)[O-])cc1. The summed E-state index contributed by atoms with van der Waals surface area (Å²) in [7, 11) is 1.89. The second-order valence-electron chi connectivity index (χ2n) is 4.82. The number of nitrogens with zero attached hydrogens (tertiary/aromatic N) is 6. The molecule has 0 fully saturated rings. The lowest BCUT2D eigenvalue weighted by atomic mass is 10.3. The summed E-state index contributed by atoms with van der Waals surface area (Å²) in [5.41, 5.74) is 1.25. The van der Waals surface area contributed by atoms with Gasteiger partial charge in [0, 0.05) is 38.1 Å². The molecule has 1 aromatic carbocycles. The van der Waals surface area contributed by atoms with Gasteiger partial charge in [-0.05, 0) is 23.8 Å². The van der Waals surface area contributed by atoms with Crippen molar-refractivity contribution in [2.75, 3.05) is 0 Å². The van der Waals surface area contributed by atoms with E-state index in [4.69, 9.17) is 0 Å². The van der Waals surface area contributed by atoms with Crippen LogP contribution in [0.4, 0.5) is 11.4 Å². The number of rotatable bonds is 6. The predicted octanol–water partition coefficient (Wildman–Crippen LogP) is 3.13. The van der Waals surface area contributed by atoms with Gasteiger partial charge in [-0.2, -0.15) is 0 Å². The number of nitro benzene ring substituents is 1. The van der Waals surface area contributed by atoms with E-state index in [0.29, 0.717) is 11.3 Å². The Bertz CT molecular complexity index is 727. The lowest BCUT2D eigenvalue weighted by molar-refractivity contribution is -0.384. The summed E-state index contributed by atoms with van der Waals surface area (Å²) in [5, 5.41) is 22.5. The Balaban J connectivity index is 2.17. The molecule has 0 saturated carbocycles. The number of aromatic nitrogens is 2. The smallest absolute Gasteiger partial charge is 0.269 e. The van der Waals surface area contributed by atoms with Gasteiger partial charge < -0.3 is 9.13 Å². The average Bonchev–Trinajstić information content (AvgIpc) is 2.86. The van der Waals surface area contributed by atoms with Gasteiger partial charge in [0.2, 0.25) is 5.62 Å². The third-order valence-corrected chi connectivity index (χ3v) is 3.15. The fourth-order valence-electron chi connectivity index (χ4n) is 1.90. The Kier molecular flexibility index (Phi) is 5.18. The largest absolute Gasteiger partial charge is 0.319 e. The summed E-state index contributed by atoms with van der Waals surface area (Å²) in [6.07, 6.45) is 6.04. The highest BCUT2D eigenvalue weighted by atomic mass is 16.6. The molecule has 8 heteroatoms. The molecule has 8 nitrogen and oxygen atoms in total. The minimum Gasteiger partial charge on any atom is -0.319 e. The third kappa shape index (κ3) is 3.87. The molecule has 0 aliphatic rings. The van der Waals surface area contributed by atoms with E-state index in [1.54, 1.807) is 0 Å². The molecule has 22 heavy (non-hydrogen) atoms. The summed E-state index contributed by atoms with van der Waals surface area (Å²) < 4.78 is 3.88. The van der Waals surface area contributed by atoms with Crippen molar-refractivity contribution < 1.29 is 4.92 Å². The minimum atomic E-state index is -0.452. The zero-order chi connectivity index (χ0) is 15.9. The predicted molar refractivity (Wildman–Crippen MR) is 81.5 cm³/mol. The van der Waals surface area contributed by atoms with Gasteiger partial charge in [0.25, 0.3) is 5.69 Å². The van der Waals surface area contributed by atoms with E-state index in [2.05, 4.69) is 22.4 Å². The van der Waals surface area contributed by atoms with Crippen LogP contribution in [-0.2, 0) is 13.6 Å². The Hall–Kier alpha value is -2.77. The highest BCUT2D eigenvalue weighted by Gasteiger charge is 2.03. The third-order valence-electron chi connectivity index (χ3n) is 3.15. The van der Waals surface area contributed by atoms with E-state index in [1.807, 2.05) is 28.6 Å². The fraction of sp³-hybridized carbons (Fsp3) is 0.357. The molecule has 0 bridgehead atoms. The lowest BCUT2D eigenvalue weighted by Gasteiger charge is -2.00. The summed E-state index contributed by atoms with van der Waals surface area (Å²) in [6, 6.07) is 5.84.